The normalized spacial score (nSPS) is 18.9. The minimum atomic E-state index is 0.129. The van der Waals surface area contributed by atoms with Crippen molar-refractivity contribution in [1.82, 2.24) is 10.2 Å². The van der Waals surface area contributed by atoms with Crippen LogP contribution in [0.15, 0.2) is 24.3 Å². The summed E-state index contributed by atoms with van der Waals surface area (Å²) in [6, 6.07) is 7.79. The molecule has 4 heteroatoms. The molecule has 20 heavy (non-hydrogen) atoms. The zero-order valence-corrected chi connectivity index (χ0v) is 12.4. The third kappa shape index (κ3) is 3.51. The second-order valence-electron chi connectivity index (χ2n) is 5.27. The number of rotatable bonds is 5. The number of methoxy groups -OCH3 is 1. The number of amides is 1. The quantitative estimate of drug-likeness (QED) is 0.897. The molecular formula is C16H24N2O2. The van der Waals surface area contributed by atoms with Crippen LogP contribution in [0.2, 0.25) is 0 Å². The van der Waals surface area contributed by atoms with Crippen LogP contribution in [0, 0.1) is 0 Å². The number of nitrogens with zero attached hydrogens (tertiary/aromatic N) is 1. The van der Waals surface area contributed by atoms with Crippen molar-refractivity contribution in [2.75, 3.05) is 27.2 Å². The van der Waals surface area contributed by atoms with Gasteiger partial charge in [-0.3, -0.25) is 4.79 Å². The lowest BCUT2D eigenvalue weighted by atomic mass is 9.98. The van der Waals surface area contributed by atoms with E-state index < -0.39 is 0 Å². The van der Waals surface area contributed by atoms with Crippen molar-refractivity contribution in [3.05, 3.63) is 29.8 Å². The summed E-state index contributed by atoms with van der Waals surface area (Å²) in [6.45, 7) is 1.82. The fraction of sp³-hybridized carbons (Fsp3) is 0.562. The van der Waals surface area contributed by atoms with Crippen molar-refractivity contribution in [2.45, 2.75) is 31.7 Å². The van der Waals surface area contributed by atoms with Gasteiger partial charge in [-0.2, -0.15) is 0 Å². The van der Waals surface area contributed by atoms with Gasteiger partial charge < -0.3 is 15.0 Å². The van der Waals surface area contributed by atoms with Crippen LogP contribution in [0.4, 0.5) is 0 Å². The SMILES string of the molecule is CNCCC1CCCCN1C(=O)c1cccc(OC)c1. The van der Waals surface area contributed by atoms with Gasteiger partial charge in [-0.15, -0.1) is 0 Å². The molecular weight excluding hydrogens is 252 g/mol. The average molecular weight is 276 g/mol. The van der Waals surface area contributed by atoms with Gasteiger partial charge in [-0.05, 0) is 57.5 Å². The van der Waals surface area contributed by atoms with Gasteiger partial charge >= 0.3 is 0 Å². The summed E-state index contributed by atoms with van der Waals surface area (Å²) in [6.07, 6.45) is 4.45. The van der Waals surface area contributed by atoms with Gasteiger partial charge in [0.2, 0.25) is 0 Å². The van der Waals surface area contributed by atoms with E-state index in [1.54, 1.807) is 7.11 Å². The van der Waals surface area contributed by atoms with E-state index in [0.717, 1.165) is 43.7 Å². The smallest absolute Gasteiger partial charge is 0.254 e. The number of ether oxygens (including phenoxy) is 1. The van der Waals surface area contributed by atoms with E-state index in [4.69, 9.17) is 4.74 Å². The molecule has 1 aromatic carbocycles. The number of hydrogen-bond acceptors (Lipinski definition) is 3. The molecule has 0 aromatic heterocycles. The summed E-state index contributed by atoms with van der Waals surface area (Å²) in [7, 11) is 3.58. The molecule has 1 unspecified atom stereocenters. The van der Waals surface area contributed by atoms with Crippen molar-refractivity contribution in [1.29, 1.82) is 0 Å². The maximum absolute atomic E-state index is 12.7. The van der Waals surface area contributed by atoms with Crippen molar-refractivity contribution in [3.8, 4) is 5.75 Å². The van der Waals surface area contributed by atoms with Crippen molar-refractivity contribution < 1.29 is 9.53 Å². The van der Waals surface area contributed by atoms with Gasteiger partial charge in [0.15, 0.2) is 0 Å². The highest BCUT2D eigenvalue weighted by atomic mass is 16.5. The Morgan fingerprint density at radius 1 is 1.45 bits per heavy atom. The Hall–Kier alpha value is -1.55. The molecule has 1 heterocycles. The molecule has 1 aliphatic heterocycles. The Balaban J connectivity index is 2.11. The minimum absolute atomic E-state index is 0.129. The lowest BCUT2D eigenvalue weighted by Crippen LogP contribution is -2.44. The molecule has 0 spiro atoms. The fourth-order valence-corrected chi connectivity index (χ4v) is 2.80. The van der Waals surface area contributed by atoms with Crippen molar-refractivity contribution in [2.24, 2.45) is 0 Å². The highest BCUT2D eigenvalue weighted by molar-refractivity contribution is 5.94. The van der Waals surface area contributed by atoms with Crippen LogP contribution in [-0.4, -0.2) is 44.1 Å². The van der Waals surface area contributed by atoms with Crippen LogP contribution in [0.5, 0.6) is 5.75 Å². The van der Waals surface area contributed by atoms with Gasteiger partial charge in [-0.1, -0.05) is 6.07 Å². The van der Waals surface area contributed by atoms with E-state index in [1.807, 2.05) is 36.2 Å². The molecule has 1 atom stereocenters. The predicted molar refractivity (Wildman–Crippen MR) is 80.2 cm³/mol. The van der Waals surface area contributed by atoms with Crippen molar-refractivity contribution in [3.63, 3.8) is 0 Å². The number of carbonyl (C=O) groups excluding carboxylic acids is 1. The van der Waals surface area contributed by atoms with Crippen LogP contribution in [0.1, 0.15) is 36.0 Å². The fourth-order valence-electron chi connectivity index (χ4n) is 2.80. The molecule has 110 valence electrons. The van der Waals surface area contributed by atoms with Gasteiger partial charge in [0.1, 0.15) is 5.75 Å². The summed E-state index contributed by atoms with van der Waals surface area (Å²) < 4.78 is 5.20. The number of carbonyl (C=O) groups is 1. The molecule has 1 fully saturated rings. The van der Waals surface area contributed by atoms with Crippen molar-refractivity contribution >= 4 is 5.91 Å². The van der Waals surface area contributed by atoms with Crippen LogP contribution < -0.4 is 10.1 Å². The predicted octanol–water partition coefficient (Wildman–Crippen LogP) is 2.30. The Morgan fingerprint density at radius 2 is 2.30 bits per heavy atom. The van der Waals surface area contributed by atoms with E-state index in [0.29, 0.717) is 6.04 Å². The molecule has 2 rings (SSSR count). The molecule has 1 saturated heterocycles. The first-order chi connectivity index (χ1) is 9.76. The molecule has 1 aromatic rings. The molecule has 1 N–H and O–H groups in total. The van der Waals surface area contributed by atoms with Crippen LogP contribution in [0.25, 0.3) is 0 Å². The van der Waals surface area contributed by atoms with Gasteiger partial charge in [0.25, 0.3) is 5.91 Å². The summed E-state index contributed by atoms with van der Waals surface area (Å²) in [5, 5.41) is 3.17. The Labute approximate surface area is 121 Å². The Bertz CT molecular complexity index is 448. The minimum Gasteiger partial charge on any atom is -0.497 e. The average Bonchev–Trinajstić information content (AvgIpc) is 2.52. The highest BCUT2D eigenvalue weighted by Gasteiger charge is 2.27. The zero-order valence-electron chi connectivity index (χ0n) is 12.4. The van der Waals surface area contributed by atoms with E-state index in [9.17, 15) is 4.79 Å². The van der Waals surface area contributed by atoms with E-state index in [-0.39, 0.29) is 5.91 Å². The van der Waals surface area contributed by atoms with Gasteiger partial charge in [0.05, 0.1) is 7.11 Å². The summed E-state index contributed by atoms with van der Waals surface area (Å²) in [5.74, 6) is 0.865. The third-order valence-corrected chi connectivity index (χ3v) is 3.93. The maximum atomic E-state index is 12.7. The molecule has 0 radical (unpaired) electrons. The lowest BCUT2D eigenvalue weighted by molar-refractivity contribution is 0.0602. The summed E-state index contributed by atoms with van der Waals surface area (Å²) >= 11 is 0. The Kier molecular flexibility index (Phi) is 5.41. The number of nitrogens with one attached hydrogen (secondary N) is 1. The third-order valence-electron chi connectivity index (χ3n) is 3.93. The first kappa shape index (κ1) is 14.9. The van der Waals surface area contributed by atoms with Crippen LogP contribution in [-0.2, 0) is 0 Å². The lowest BCUT2D eigenvalue weighted by Gasteiger charge is -2.36. The number of hydrogen-bond donors (Lipinski definition) is 1. The number of benzene rings is 1. The Morgan fingerprint density at radius 3 is 3.05 bits per heavy atom. The topological polar surface area (TPSA) is 41.6 Å². The van der Waals surface area contributed by atoms with Gasteiger partial charge in [-0.25, -0.2) is 0 Å². The molecule has 1 aliphatic rings. The van der Waals surface area contributed by atoms with E-state index in [1.165, 1.54) is 6.42 Å². The summed E-state index contributed by atoms with van der Waals surface area (Å²) in [4.78, 5) is 14.7. The number of piperidine rings is 1. The second-order valence-corrected chi connectivity index (χ2v) is 5.27. The second kappa shape index (κ2) is 7.29. The largest absolute Gasteiger partial charge is 0.497 e. The van der Waals surface area contributed by atoms with Crippen LogP contribution in [0.3, 0.4) is 0 Å². The number of likely N-dealkylation sites (tertiary alicyclic amines) is 1. The first-order valence-electron chi connectivity index (χ1n) is 7.36. The molecule has 1 amide bonds. The maximum Gasteiger partial charge on any atom is 0.254 e. The molecule has 4 nitrogen and oxygen atoms in total. The first-order valence-corrected chi connectivity index (χ1v) is 7.36. The van der Waals surface area contributed by atoms with E-state index in [2.05, 4.69) is 5.32 Å². The monoisotopic (exact) mass is 276 g/mol. The van der Waals surface area contributed by atoms with Gasteiger partial charge in [0, 0.05) is 18.2 Å². The molecule has 0 bridgehead atoms. The van der Waals surface area contributed by atoms with Crippen LogP contribution >= 0.6 is 0 Å². The zero-order chi connectivity index (χ0) is 14.4. The van der Waals surface area contributed by atoms with E-state index >= 15 is 0 Å². The summed E-state index contributed by atoms with van der Waals surface area (Å²) in [5.41, 5.74) is 0.723. The standard InChI is InChI=1S/C16H24N2O2/c1-17-10-9-14-7-3-4-11-18(14)16(19)13-6-5-8-15(12-13)20-2/h5-6,8,12,14,17H,3-4,7,9-11H2,1-2H3. The molecule has 0 aliphatic carbocycles. The highest BCUT2D eigenvalue weighted by Crippen LogP contribution is 2.23. The molecule has 0 saturated carbocycles.